The maximum atomic E-state index is 12.9. The van der Waals surface area contributed by atoms with Crippen molar-refractivity contribution in [3.8, 4) is 0 Å². The number of carbonyl (C=O) groups excluding carboxylic acids is 3. The molecule has 2 aliphatic rings. The molecule has 1 fully saturated rings. The SMILES string of the molecule is CC(=O)O[C@H]1[C@@H]2OC(C)(C)O[C@@H]2C(C(=O)Nc2ccccc2)=C[C@@H]1OC(C)=O. The van der Waals surface area contributed by atoms with Gasteiger partial charge in [-0.1, -0.05) is 18.2 Å². The Morgan fingerprint density at radius 1 is 1.00 bits per heavy atom. The van der Waals surface area contributed by atoms with Crippen LogP contribution in [0, 0.1) is 0 Å². The molecule has 0 unspecified atom stereocenters. The molecule has 1 heterocycles. The number of hydrogen-bond acceptors (Lipinski definition) is 7. The van der Waals surface area contributed by atoms with Gasteiger partial charge in [0.05, 0.1) is 0 Å². The van der Waals surface area contributed by atoms with Crippen LogP contribution in [0.4, 0.5) is 5.69 Å². The quantitative estimate of drug-likeness (QED) is 0.786. The van der Waals surface area contributed by atoms with E-state index in [9.17, 15) is 14.4 Å². The van der Waals surface area contributed by atoms with E-state index in [1.165, 1.54) is 19.9 Å². The van der Waals surface area contributed by atoms with Crippen molar-refractivity contribution >= 4 is 23.5 Å². The van der Waals surface area contributed by atoms with Gasteiger partial charge in [-0.25, -0.2) is 0 Å². The molecule has 0 aromatic heterocycles. The third-order valence-electron chi connectivity index (χ3n) is 4.32. The number of esters is 2. The highest BCUT2D eigenvalue weighted by molar-refractivity contribution is 6.05. The summed E-state index contributed by atoms with van der Waals surface area (Å²) in [4.78, 5) is 36.1. The predicted molar refractivity (Wildman–Crippen MR) is 98.1 cm³/mol. The van der Waals surface area contributed by atoms with Gasteiger partial charge in [0.2, 0.25) is 0 Å². The fourth-order valence-electron chi connectivity index (χ4n) is 3.37. The molecule has 0 radical (unpaired) electrons. The molecule has 0 saturated carbocycles. The molecule has 1 aromatic carbocycles. The highest BCUT2D eigenvalue weighted by atomic mass is 16.8. The summed E-state index contributed by atoms with van der Waals surface area (Å²) in [5, 5.41) is 2.79. The lowest BCUT2D eigenvalue weighted by atomic mass is 9.88. The number of anilines is 1. The molecule has 1 aromatic rings. The van der Waals surface area contributed by atoms with Crippen LogP contribution in [-0.2, 0) is 33.3 Å². The van der Waals surface area contributed by atoms with Crippen molar-refractivity contribution in [1.82, 2.24) is 0 Å². The summed E-state index contributed by atoms with van der Waals surface area (Å²) < 4.78 is 22.5. The number of nitrogens with one attached hydrogen (secondary N) is 1. The van der Waals surface area contributed by atoms with Crippen LogP contribution in [0.5, 0.6) is 0 Å². The van der Waals surface area contributed by atoms with Gasteiger partial charge >= 0.3 is 11.9 Å². The van der Waals surface area contributed by atoms with E-state index in [2.05, 4.69) is 5.32 Å². The predicted octanol–water partition coefficient (Wildman–Crippen LogP) is 1.95. The van der Waals surface area contributed by atoms with Crippen LogP contribution in [0.2, 0.25) is 0 Å². The van der Waals surface area contributed by atoms with Gasteiger partial charge in [-0.15, -0.1) is 0 Å². The molecule has 150 valence electrons. The van der Waals surface area contributed by atoms with Crippen LogP contribution >= 0.6 is 0 Å². The average molecular weight is 389 g/mol. The lowest BCUT2D eigenvalue weighted by molar-refractivity contribution is -0.184. The summed E-state index contributed by atoms with van der Waals surface area (Å²) in [6.07, 6.45) is -2.03. The standard InChI is InChI=1S/C20H23NO7/c1-11(22)25-15-10-14(19(24)21-13-8-6-5-7-9-13)16-18(17(15)26-12(2)23)28-20(3,4)27-16/h5-10,15-18H,1-4H3,(H,21,24)/t15-,16+,17+,18+/m0/s1. The second-order valence-corrected chi connectivity index (χ2v) is 7.11. The van der Waals surface area contributed by atoms with E-state index in [4.69, 9.17) is 18.9 Å². The molecule has 8 nitrogen and oxygen atoms in total. The Kier molecular flexibility index (Phi) is 5.53. The van der Waals surface area contributed by atoms with E-state index in [0.29, 0.717) is 5.69 Å². The van der Waals surface area contributed by atoms with Gasteiger partial charge in [0.1, 0.15) is 12.2 Å². The van der Waals surface area contributed by atoms with E-state index in [-0.39, 0.29) is 5.57 Å². The number of carbonyl (C=O) groups is 3. The lowest BCUT2D eigenvalue weighted by Crippen LogP contribution is -2.52. The molecule has 1 N–H and O–H groups in total. The molecule has 28 heavy (non-hydrogen) atoms. The van der Waals surface area contributed by atoms with Gasteiger partial charge in [-0.3, -0.25) is 14.4 Å². The van der Waals surface area contributed by atoms with Gasteiger partial charge in [0, 0.05) is 25.1 Å². The van der Waals surface area contributed by atoms with Gasteiger partial charge in [-0.05, 0) is 32.1 Å². The molecule has 0 spiro atoms. The molecule has 4 atom stereocenters. The zero-order valence-electron chi connectivity index (χ0n) is 16.1. The Balaban J connectivity index is 1.96. The Bertz CT molecular complexity index is 802. The van der Waals surface area contributed by atoms with E-state index >= 15 is 0 Å². The molecule has 8 heteroatoms. The summed E-state index contributed by atoms with van der Waals surface area (Å²) in [7, 11) is 0. The number of amides is 1. The minimum atomic E-state index is -1.01. The van der Waals surface area contributed by atoms with Crippen LogP contribution < -0.4 is 5.32 Å². The average Bonchev–Trinajstić information content (AvgIpc) is 2.92. The number of rotatable bonds is 4. The van der Waals surface area contributed by atoms with Crippen LogP contribution in [0.25, 0.3) is 0 Å². The number of benzene rings is 1. The first-order valence-corrected chi connectivity index (χ1v) is 8.94. The molecular formula is C20H23NO7. The second kappa shape index (κ2) is 7.73. The van der Waals surface area contributed by atoms with E-state index < -0.39 is 48.0 Å². The maximum absolute atomic E-state index is 12.9. The first-order valence-electron chi connectivity index (χ1n) is 8.94. The Morgan fingerprint density at radius 2 is 1.64 bits per heavy atom. The van der Waals surface area contributed by atoms with Gasteiger partial charge in [-0.2, -0.15) is 0 Å². The van der Waals surface area contributed by atoms with Crippen LogP contribution in [0.3, 0.4) is 0 Å². The normalized spacial score (nSPS) is 27.9. The largest absolute Gasteiger partial charge is 0.455 e. The highest BCUT2D eigenvalue weighted by Crippen LogP contribution is 2.39. The highest BCUT2D eigenvalue weighted by Gasteiger charge is 2.55. The first kappa shape index (κ1) is 20.0. The van der Waals surface area contributed by atoms with Crippen molar-refractivity contribution in [3.05, 3.63) is 42.0 Å². The van der Waals surface area contributed by atoms with Crippen molar-refractivity contribution in [2.24, 2.45) is 0 Å². The van der Waals surface area contributed by atoms with Crippen molar-refractivity contribution < 1.29 is 33.3 Å². The molecule has 1 aliphatic heterocycles. The topological polar surface area (TPSA) is 100 Å². The first-order chi connectivity index (χ1) is 13.2. The van der Waals surface area contributed by atoms with Crippen molar-refractivity contribution in [1.29, 1.82) is 0 Å². The summed E-state index contributed by atoms with van der Waals surface area (Å²) in [5.41, 5.74) is 0.850. The lowest BCUT2D eigenvalue weighted by Gasteiger charge is -2.35. The zero-order chi connectivity index (χ0) is 20.5. The van der Waals surface area contributed by atoms with Crippen LogP contribution in [0.15, 0.2) is 42.0 Å². The number of para-hydroxylation sites is 1. The van der Waals surface area contributed by atoms with Crippen molar-refractivity contribution in [2.45, 2.75) is 57.9 Å². The fraction of sp³-hybridized carbons (Fsp3) is 0.450. The minimum Gasteiger partial charge on any atom is -0.455 e. The van der Waals surface area contributed by atoms with E-state index in [0.717, 1.165) is 0 Å². The third kappa shape index (κ3) is 4.40. The molecule has 1 aliphatic carbocycles. The monoisotopic (exact) mass is 389 g/mol. The second-order valence-electron chi connectivity index (χ2n) is 7.11. The number of ether oxygens (including phenoxy) is 4. The van der Waals surface area contributed by atoms with Crippen LogP contribution in [-0.4, -0.2) is 48.0 Å². The summed E-state index contributed by atoms with van der Waals surface area (Å²) in [6.45, 7) is 5.89. The van der Waals surface area contributed by atoms with E-state index in [1.807, 2.05) is 6.07 Å². The Morgan fingerprint density at radius 3 is 2.25 bits per heavy atom. The van der Waals surface area contributed by atoms with Crippen LogP contribution in [0.1, 0.15) is 27.7 Å². The summed E-state index contributed by atoms with van der Waals surface area (Å²) in [5.74, 6) is -2.55. The van der Waals surface area contributed by atoms with Gasteiger partial charge in [0.25, 0.3) is 5.91 Å². The smallest absolute Gasteiger partial charge is 0.303 e. The summed E-state index contributed by atoms with van der Waals surface area (Å²) in [6, 6.07) is 8.93. The zero-order valence-corrected chi connectivity index (χ0v) is 16.1. The fourth-order valence-corrected chi connectivity index (χ4v) is 3.37. The number of fused-ring (bicyclic) bond motifs is 1. The van der Waals surface area contributed by atoms with E-state index in [1.54, 1.807) is 38.1 Å². The van der Waals surface area contributed by atoms with Gasteiger partial charge in [0.15, 0.2) is 18.0 Å². The van der Waals surface area contributed by atoms with Crippen molar-refractivity contribution in [2.75, 3.05) is 5.32 Å². The molecular weight excluding hydrogens is 366 g/mol. The minimum absolute atomic E-state index is 0.245. The molecule has 1 saturated heterocycles. The Labute approximate surface area is 162 Å². The van der Waals surface area contributed by atoms with Crippen molar-refractivity contribution in [3.63, 3.8) is 0 Å². The maximum Gasteiger partial charge on any atom is 0.303 e. The number of hydrogen-bond donors (Lipinski definition) is 1. The summed E-state index contributed by atoms with van der Waals surface area (Å²) >= 11 is 0. The Hall–Kier alpha value is -2.71. The molecule has 1 amide bonds. The van der Waals surface area contributed by atoms with Gasteiger partial charge < -0.3 is 24.3 Å². The molecule has 3 rings (SSSR count). The molecule has 0 bridgehead atoms. The third-order valence-corrected chi connectivity index (χ3v) is 4.32.